The van der Waals surface area contributed by atoms with Gasteiger partial charge in [0.05, 0.1) is 0 Å². The van der Waals surface area contributed by atoms with E-state index in [0.717, 1.165) is 23.8 Å². The van der Waals surface area contributed by atoms with Crippen molar-refractivity contribution in [3.63, 3.8) is 0 Å². The Balaban J connectivity index is 1.54. The second-order valence-corrected chi connectivity index (χ2v) is 7.27. The quantitative estimate of drug-likeness (QED) is 0.832. The van der Waals surface area contributed by atoms with E-state index in [4.69, 9.17) is 0 Å². The van der Waals surface area contributed by atoms with Gasteiger partial charge in [0.1, 0.15) is 0 Å². The van der Waals surface area contributed by atoms with Crippen LogP contribution in [0.25, 0.3) is 0 Å². The van der Waals surface area contributed by atoms with Gasteiger partial charge in [-0.2, -0.15) is 5.10 Å². The molecule has 2 fully saturated rings. The highest BCUT2D eigenvalue weighted by Gasteiger charge is 2.31. The van der Waals surface area contributed by atoms with Crippen molar-refractivity contribution in [1.82, 2.24) is 15.1 Å². The highest BCUT2D eigenvalue weighted by molar-refractivity contribution is 5.00. The molecule has 3 unspecified atom stereocenters. The molecule has 0 radical (unpaired) electrons. The van der Waals surface area contributed by atoms with E-state index in [1.807, 2.05) is 10.9 Å². The van der Waals surface area contributed by atoms with Gasteiger partial charge in [0, 0.05) is 25.0 Å². The van der Waals surface area contributed by atoms with Gasteiger partial charge in [0.2, 0.25) is 0 Å². The largest absolute Gasteiger partial charge is 0.314 e. The highest BCUT2D eigenvalue weighted by atomic mass is 15.2. The Hall–Kier alpha value is -0.830. The molecular formula is C18H31N3. The van der Waals surface area contributed by atoms with E-state index < -0.39 is 0 Å². The van der Waals surface area contributed by atoms with Crippen molar-refractivity contribution in [1.29, 1.82) is 0 Å². The van der Waals surface area contributed by atoms with Crippen molar-refractivity contribution in [3.8, 4) is 0 Å². The van der Waals surface area contributed by atoms with E-state index >= 15 is 0 Å². The molecule has 3 nitrogen and oxygen atoms in total. The molecule has 1 aromatic heterocycles. The van der Waals surface area contributed by atoms with Crippen LogP contribution in [0.5, 0.6) is 0 Å². The Bertz CT molecular complexity index is 435. The number of aromatic nitrogens is 2. The Morgan fingerprint density at radius 2 is 2.10 bits per heavy atom. The lowest BCUT2D eigenvalue weighted by molar-refractivity contribution is 0.162. The first-order valence-electron chi connectivity index (χ1n) is 8.96. The summed E-state index contributed by atoms with van der Waals surface area (Å²) in [7, 11) is 2.07. The van der Waals surface area contributed by atoms with Gasteiger partial charge in [0.15, 0.2) is 0 Å². The van der Waals surface area contributed by atoms with Crippen molar-refractivity contribution in [2.45, 2.75) is 64.3 Å². The van der Waals surface area contributed by atoms with Gasteiger partial charge in [-0.1, -0.05) is 19.8 Å². The number of nitrogens with zero attached hydrogens (tertiary/aromatic N) is 2. The van der Waals surface area contributed by atoms with Crippen molar-refractivity contribution in [2.75, 3.05) is 6.54 Å². The first kappa shape index (κ1) is 15.1. The summed E-state index contributed by atoms with van der Waals surface area (Å²) in [6.07, 6.45) is 13.0. The van der Waals surface area contributed by atoms with Crippen LogP contribution in [0.2, 0.25) is 0 Å². The summed E-state index contributed by atoms with van der Waals surface area (Å²) in [6, 6.07) is 3.03. The zero-order valence-corrected chi connectivity index (χ0v) is 13.7. The molecule has 0 aliphatic heterocycles. The predicted octanol–water partition coefficient (Wildman–Crippen LogP) is 3.55. The molecule has 3 heteroatoms. The van der Waals surface area contributed by atoms with Crippen LogP contribution in [-0.4, -0.2) is 22.4 Å². The average Bonchev–Trinajstić information content (AvgIpc) is 3.25. The summed E-state index contributed by atoms with van der Waals surface area (Å²) in [6.45, 7) is 3.63. The van der Waals surface area contributed by atoms with Crippen LogP contribution in [0.1, 0.15) is 57.6 Å². The Labute approximate surface area is 129 Å². The molecule has 2 aliphatic rings. The molecule has 0 aromatic carbocycles. The van der Waals surface area contributed by atoms with Crippen LogP contribution in [0.15, 0.2) is 12.3 Å². The Morgan fingerprint density at radius 1 is 1.24 bits per heavy atom. The van der Waals surface area contributed by atoms with Gasteiger partial charge < -0.3 is 5.32 Å². The zero-order valence-electron chi connectivity index (χ0n) is 13.7. The van der Waals surface area contributed by atoms with Crippen LogP contribution in [0, 0.1) is 17.8 Å². The van der Waals surface area contributed by atoms with Gasteiger partial charge in [-0.05, 0) is 68.9 Å². The lowest BCUT2D eigenvalue weighted by Gasteiger charge is -2.36. The molecule has 1 heterocycles. The molecular weight excluding hydrogens is 258 g/mol. The van der Waals surface area contributed by atoms with Crippen LogP contribution in [0.4, 0.5) is 0 Å². The summed E-state index contributed by atoms with van der Waals surface area (Å²) < 4.78 is 2.04. The van der Waals surface area contributed by atoms with Crippen molar-refractivity contribution < 1.29 is 0 Å². The van der Waals surface area contributed by atoms with E-state index in [1.165, 1.54) is 63.6 Å². The molecule has 2 aliphatic carbocycles. The van der Waals surface area contributed by atoms with Crippen LogP contribution < -0.4 is 5.32 Å². The maximum Gasteiger partial charge on any atom is 0.0492 e. The topological polar surface area (TPSA) is 29.9 Å². The second-order valence-electron chi connectivity index (χ2n) is 7.27. The molecule has 0 bridgehead atoms. The fourth-order valence-corrected chi connectivity index (χ4v) is 4.00. The summed E-state index contributed by atoms with van der Waals surface area (Å²) >= 11 is 0. The molecule has 1 aromatic rings. The lowest BCUT2D eigenvalue weighted by atomic mass is 9.71. The van der Waals surface area contributed by atoms with Crippen molar-refractivity contribution in [3.05, 3.63) is 18.0 Å². The maximum atomic E-state index is 4.30. The van der Waals surface area contributed by atoms with Crippen molar-refractivity contribution in [2.24, 2.45) is 24.8 Å². The molecule has 3 rings (SSSR count). The first-order valence-corrected chi connectivity index (χ1v) is 8.96. The van der Waals surface area contributed by atoms with Crippen LogP contribution in [-0.2, 0) is 13.5 Å². The van der Waals surface area contributed by atoms with Crippen LogP contribution >= 0.6 is 0 Å². The normalized spacial score (nSPS) is 29.7. The molecule has 2 saturated carbocycles. The SMILES string of the molecule is CCC1CCC(CNC2CC2)C(CCc2ccnn2C)C1. The number of nitrogens with one attached hydrogen (secondary N) is 1. The fraction of sp³-hybridized carbons (Fsp3) is 0.833. The Morgan fingerprint density at radius 3 is 2.76 bits per heavy atom. The number of hydrogen-bond acceptors (Lipinski definition) is 2. The van der Waals surface area contributed by atoms with Crippen molar-refractivity contribution >= 4 is 0 Å². The maximum absolute atomic E-state index is 4.30. The standard InChI is InChI=1S/C18H31N3/c1-3-14-4-5-16(13-19-17-7-8-17)15(12-14)6-9-18-10-11-20-21(18)2/h10-11,14-17,19H,3-9,12-13H2,1-2H3. The minimum Gasteiger partial charge on any atom is -0.314 e. The third-order valence-electron chi connectivity index (χ3n) is 5.77. The molecule has 0 spiro atoms. The monoisotopic (exact) mass is 289 g/mol. The van der Waals surface area contributed by atoms with E-state index in [2.05, 4.69) is 30.5 Å². The number of aryl methyl sites for hydroxylation is 2. The molecule has 0 saturated heterocycles. The summed E-state index contributed by atoms with van der Waals surface area (Å²) in [5.74, 6) is 2.78. The molecule has 21 heavy (non-hydrogen) atoms. The predicted molar refractivity (Wildman–Crippen MR) is 87.2 cm³/mol. The molecule has 0 amide bonds. The van der Waals surface area contributed by atoms with Crippen LogP contribution in [0.3, 0.4) is 0 Å². The third-order valence-corrected chi connectivity index (χ3v) is 5.77. The summed E-state index contributed by atoms with van der Waals surface area (Å²) in [5.41, 5.74) is 1.39. The van der Waals surface area contributed by atoms with Gasteiger partial charge in [-0.25, -0.2) is 0 Å². The zero-order chi connectivity index (χ0) is 14.7. The van der Waals surface area contributed by atoms with Gasteiger partial charge in [0.25, 0.3) is 0 Å². The van der Waals surface area contributed by atoms with E-state index in [0.29, 0.717) is 0 Å². The summed E-state index contributed by atoms with van der Waals surface area (Å²) in [4.78, 5) is 0. The van der Waals surface area contributed by atoms with E-state index in [-0.39, 0.29) is 0 Å². The fourth-order valence-electron chi connectivity index (χ4n) is 4.00. The van der Waals surface area contributed by atoms with Gasteiger partial charge in [-0.3, -0.25) is 4.68 Å². The van der Waals surface area contributed by atoms with E-state index in [1.54, 1.807) is 0 Å². The molecule has 1 N–H and O–H groups in total. The number of rotatable bonds is 7. The van der Waals surface area contributed by atoms with Gasteiger partial charge >= 0.3 is 0 Å². The minimum absolute atomic E-state index is 0.853. The first-order chi connectivity index (χ1) is 10.3. The minimum atomic E-state index is 0.853. The summed E-state index contributed by atoms with van der Waals surface area (Å²) in [5, 5.41) is 8.08. The van der Waals surface area contributed by atoms with Gasteiger partial charge in [-0.15, -0.1) is 0 Å². The molecule has 118 valence electrons. The number of hydrogen-bond donors (Lipinski definition) is 1. The average molecular weight is 289 g/mol. The smallest absolute Gasteiger partial charge is 0.0492 e. The third kappa shape index (κ3) is 4.09. The Kier molecular flexibility index (Phi) is 4.99. The lowest BCUT2D eigenvalue weighted by Crippen LogP contribution is -2.34. The molecule has 3 atom stereocenters. The van der Waals surface area contributed by atoms with E-state index in [9.17, 15) is 0 Å². The highest BCUT2D eigenvalue weighted by Crippen LogP contribution is 2.38. The second kappa shape index (κ2) is 6.95.